The minimum Gasteiger partial charge on any atom is -0.490 e. The molecule has 29 heavy (non-hydrogen) atoms. The molecular formula is C22H23NO6. The highest BCUT2D eigenvalue weighted by molar-refractivity contribution is 5.99. The molecule has 0 atom stereocenters. The Balaban J connectivity index is 1.49. The summed E-state index contributed by atoms with van der Waals surface area (Å²) in [6.07, 6.45) is 0.767. The molecule has 2 aromatic rings. The number of carbonyl (C=O) groups excluding carboxylic acids is 3. The number of aryl methyl sites for hydroxylation is 2. The molecule has 0 saturated heterocycles. The molecule has 0 aliphatic carbocycles. The first-order valence-electron chi connectivity index (χ1n) is 9.38. The maximum Gasteiger partial charge on any atom is 0.325 e. The second-order valence-corrected chi connectivity index (χ2v) is 6.78. The summed E-state index contributed by atoms with van der Waals surface area (Å²) in [6.45, 7) is 4.20. The molecule has 0 fully saturated rings. The molecule has 0 spiro atoms. The summed E-state index contributed by atoms with van der Waals surface area (Å²) in [5, 5.41) is 2.50. The van der Waals surface area contributed by atoms with Gasteiger partial charge in [0.1, 0.15) is 6.54 Å². The van der Waals surface area contributed by atoms with Gasteiger partial charge in [-0.2, -0.15) is 0 Å². The summed E-state index contributed by atoms with van der Waals surface area (Å²) in [7, 11) is 0. The van der Waals surface area contributed by atoms with Crippen LogP contribution in [0.25, 0.3) is 0 Å². The van der Waals surface area contributed by atoms with Crippen LogP contribution in [-0.2, 0) is 9.53 Å². The van der Waals surface area contributed by atoms with Crippen LogP contribution in [-0.4, -0.2) is 44.0 Å². The highest BCUT2D eigenvalue weighted by atomic mass is 16.5. The zero-order valence-corrected chi connectivity index (χ0v) is 16.4. The molecule has 0 saturated carbocycles. The second kappa shape index (κ2) is 9.23. The Bertz CT molecular complexity index is 937. The number of hydrogen-bond acceptors (Lipinski definition) is 6. The van der Waals surface area contributed by atoms with Crippen LogP contribution in [0.2, 0.25) is 0 Å². The van der Waals surface area contributed by atoms with Gasteiger partial charge in [0, 0.05) is 17.5 Å². The van der Waals surface area contributed by atoms with Crippen LogP contribution in [0.5, 0.6) is 11.5 Å². The number of benzene rings is 2. The number of hydrogen-bond donors (Lipinski definition) is 1. The topological polar surface area (TPSA) is 90.9 Å². The fourth-order valence-electron chi connectivity index (χ4n) is 2.75. The number of Topliss-reactive ketones (excluding diaryl/α,β-unsaturated/α-hetero) is 1. The number of nitrogens with one attached hydrogen (secondary N) is 1. The normalized spacial score (nSPS) is 12.6. The highest BCUT2D eigenvalue weighted by Crippen LogP contribution is 2.30. The molecule has 7 nitrogen and oxygen atoms in total. The lowest BCUT2D eigenvalue weighted by molar-refractivity contribution is -0.141. The summed E-state index contributed by atoms with van der Waals surface area (Å²) < 4.78 is 16.1. The van der Waals surface area contributed by atoms with Crippen molar-refractivity contribution in [1.29, 1.82) is 0 Å². The molecule has 1 N–H and O–H groups in total. The molecule has 1 heterocycles. The third kappa shape index (κ3) is 5.34. The van der Waals surface area contributed by atoms with Crippen LogP contribution in [0.3, 0.4) is 0 Å². The first-order valence-corrected chi connectivity index (χ1v) is 9.38. The molecule has 2 aromatic carbocycles. The number of fused-ring (bicyclic) bond motifs is 1. The Morgan fingerprint density at radius 2 is 1.66 bits per heavy atom. The maximum atomic E-state index is 12.3. The van der Waals surface area contributed by atoms with E-state index >= 15 is 0 Å². The Labute approximate surface area is 169 Å². The monoisotopic (exact) mass is 397 g/mol. The van der Waals surface area contributed by atoms with Gasteiger partial charge >= 0.3 is 5.97 Å². The van der Waals surface area contributed by atoms with Crippen molar-refractivity contribution in [3.8, 4) is 11.5 Å². The van der Waals surface area contributed by atoms with E-state index in [2.05, 4.69) is 5.32 Å². The van der Waals surface area contributed by atoms with Gasteiger partial charge in [-0.1, -0.05) is 6.07 Å². The molecule has 0 radical (unpaired) electrons. The minimum atomic E-state index is -0.690. The molecule has 7 heteroatoms. The van der Waals surface area contributed by atoms with Crippen LogP contribution in [0.4, 0.5) is 0 Å². The van der Waals surface area contributed by atoms with Crippen molar-refractivity contribution in [3.05, 3.63) is 58.7 Å². The lowest BCUT2D eigenvalue weighted by Crippen LogP contribution is -2.31. The smallest absolute Gasteiger partial charge is 0.325 e. The largest absolute Gasteiger partial charge is 0.490 e. The Morgan fingerprint density at radius 1 is 0.931 bits per heavy atom. The van der Waals surface area contributed by atoms with E-state index < -0.39 is 12.6 Å². The van der Waals surface area contributed by atoms with Crippen molar-refractivity contribution in [2.45, 2.75) is 20.3 Å². The predicted molar refractivity (Wildman–Crippen MR) is 106 cm³/mol. The van der Waals surface area contributed by atoms with Crippen molar-refractivity contribution in [2.24, 2.45) is 0 Å². The number of esters is 1. The van der Waals surface area contributed by atoms with Crippen molar-refractivity contribution in [2.75, 3.05) is 26.4 Å². The van der Waals surface area contributed by atoms with Crippen molar-refractivity contribution in [3.63, 3.8) is 0 Å². The zero-order valence-electron chi connectivity index (χ0n) is 16.4. The SMILES string of the molecule is Cc1ccc(C(=O)NCC(=O)OCC(=O)c2ccc3c(c2)OCCCO3)cc1C. The Hall–Kier alpha value is -3.35. The Morgan fingerprint density at radius 3 is 2.41 bits per heavy atom. The van der Waals surface area contributed by atoms with Gasteiger partial charge in [0.2, 0.25) is 0 Å². The average molecular weight is 397 g/mol. The van der Waals surface area contributed by atoms with Crippen LogP contribution < -0.4 is 14.8 Å². The summed E-state index contributed by atoms with van der Waals surface area (Å²) in [4.78, 5) is 36.3. The van der Waals surface area contributed by atoms with Crippen LogP contribution in [0.1, 0.15) is 38.3 Å². The number of ether oxygens (including phenoxy) is 3. The Kier molecular flexibility index (Phi) is 6.49. The molecule has 1 amide bonds. The summed E-state index contributed by atoms with van der Waals surface area (Å²) in [5.74, 6) is -0.343. The molecule has 1 aliphatic rings. The van der Waals surface area contributed by atoms with Crippen molar-refractivity contribution >= 4 is 17.7 Å². The molecule has 152 valence electrons. The highest BCUT2D eigenvalue weighted by Gasteiger charge is 2.16. The van der Waals surface area contributed by atoms with Gasteiger partial charge < -0.3 is 19.5 Å². The fraction of sp³-hybridized carbons (Fsp3) is 0.318. The van der Waals surface area contributed by atoms with Gasteiger partial charge in [-0.15, -0.1) is 0 Å². The van der Waals surface area contributed by atoms with Gasteiger partial charge in [-0.05, 0) is 55.3 Å². The standard InChI is InChI=1S/C22H23NO6/c1-14-4-5-17(10-15(14)2)22(26)23-12-21(25)29-13-18(24)16-6-7-19-20(11-16)28-9-3-8-27-19/h4-7,10-11H,3,8-9,12-13H2,1-2H3,(H,23,26). The average Bonchev–Trinajstić information content (AvgIpc) is 2.97. The van der Waals surface area contributed by atoms with E-state index in [9.17, 15) is 14.4 Å². The number of amides is 1. The predicted octanol–water partition coefficient (Wildman–Crippen LogP) is 2.62. The number of carbonyl (C=O) groups is 3. The number of ketones is 1. The first kappa shape index (κ1) is 20.4. The first-order chi connectivity index (χ1) is 13.9. The van der Waals surface area contributed by atoms with Gasteiger partial charge in [-0.3, -0.25) is 14.4 Å². The fourth-order valence-corrected chi connectivity index (χ4v) is 2.75. The summed E-state index contributed by atoms with van der Waals surface area (Å²) in [6, 6.07) is 10.1. The van der Waals surface area contributed by atoms with Crippen LogP contribution in [0.15, 0.2) is 36.4 Å². The van der Waals surface area contributed by atoms with E-state index in [-0.39, 0.29) is 18.2 Å². The maximum absolute atomic E-state index is 12.3. The quantitative estimate of drug-likeness (QED) is 0.595. The van der Waals surface area contributed by atoms with Gasteiger partial charge in [0.05, 0.1) is 13.2 Å². The summed E-state index contributed by atoms with van der Waals surface area (Å²) in [5.41, 5.74) is 2.89. The molecule has 1 aliphatic heterocycles. The van der Waals surface area contributed by atoms with Gasteiger partial charge in [-0.25, -0.2) is 0 Å². The lowest BCUT2D eigenvalue weighted by atomic mass is 10.1. The van der Waals surface area contributed by atoms with E-state index in [1.165, 1.54) is 0 Å². The zero-order chi connectivity index (χ0) is 20.8. The lowest BCUT2D eigenvalue weighted by Gasteiger charge is -2.10. The van der Waals surface area contributed by atoms with E-state index in [1.54, 1.807) is 30.3 Å². The van der Waals surface area contributed by atoms with Crippen LogP contribution in [0, 0.1) is 13.8 Å². The summed E-state index contributed by atoms with van der Waals surface area (Å²) >= 11 is 0. The second-order valence-electron chi connectivity index (χ2n) is 6.78. The minimum absolute atomic E-state index is 0.319. The molecular weight excluding hydrogens is 374 g/mol. The molecule has 0 aromatic heterocycles. The van der Waals surface area contributed by atoms with E-state index in [4.69, 9.17) is 14.2 Å². The van der Waals surface area contributed by atoms with Crippen molar-refractivity contribution < 1.29 is 28.6 Å². The van der Waals surface area contributed by atoms with Gasteiger partial charge in [0.15, 0.2) is 23.9 Å². The third-order valence-corrected chi connectivity index (χ3v) is 4.60. The van der Waals surface area contributed by atoms with E-state index in [1.807, 2.05) is 19.9 Å². The number of rotatable bonds is 6. The third-order valence-electron chi connectivity index (χ3n) is 4.60. The molecule has 0 bridgehead atoms. The van der Waals surface area contributed by atoms with Crippen LogP contribution >= 0.6 is 0 Å². The molecule has 3 rings (SSSR count). The molecule has 0 unspecified atom stereocenters. The van der Waals surface area contributed by atoms with Gasteiger partial charge in [0.25, 0.3) is 5.91 Å². The van der Waals surface area contributed by atoms with E-state index in [0.29, 0.717) is 35.8 Å². The van der Waals surface area contributed by atoms with E-state index in [0.717, 1.165) is 17.5 Å². The van der Waals surface area contributed by atoms with Crippen molar-refractivity contribution in [1.82, 2.24) is 5.32 Å².